The van der Waals surface area contributed by atoms with Gasteiger partial charge in [-0.1, -0.05) is 53.6 Å². The van der Waals surface area contributed by atoms with Crippen molar-refractivity contribution < 1.29 is 23.5 Å². The number of barbiturate groups is 1. The van der Waals surface area contributed by atoms with Crippen LogP contribution in [0.15, 0.2) is 66.2 Å². The summed E-state index contributed by atoms with van der Waals surface area (Å²) in [6.45, 7) is 4.09. The summed E-state index contributed by atoms with van der Waals surface area (Å²) in [6, 6.07) is 16.1. The molecule has 0 bridgehead atoms. The summed E-state index contributed by atoms with van der Waals surface area (Å²) in [5, 5.41) is 2.10. The van der Waals surface area contributed by atoms with Crippen molar-refractivity contribution in [2.45, 2.75) is 20.3 Å². The fourth-order valence-electron chi connectivity index (χ4n) is 4.06. The SMILES string of the molecule is COc1cc(/C=C2/C(=O)NC(=O)N(c3ccccc3F)C2=O)ccc1Cc1cc(C)cc(C)c1. The highest BCUT2D eigenvalue weighted by Gasteiger charge is 2.37. The molecule has 4 amide bonds. The normalized spacial score (nSPS) is 15.0. The first-order valence-electron chi connectivity index (χ1n) is 10.7. The van der Waals surface area contributed by atoms with E-state index in [0.29, 0.717) is 22.6 Å². The van der Waals surface area contributed by atoms with Crippen LogP contribution in [0.4, 0.5) is 14.9 Å². The van der Waals surface area contributed by atoms with Crippen molar-refractivity contribution in [3.8, 4) is 5.75 Å². The van der Waals surface area contributed by atoms with Gasteiger partial charge in [-0.15, -0.1) is 0 Å². The Bertz CT molecular complexity index is 1330. The average molecular weight is 458 g/mol. The van der Waals surface area contributed by atoms with E-state index in [1.165, 1.54) is 35.4 Å². The number of nitrogens with one attached hydrogen (secondary N) is 1. The molecule has 0 radical (unpaired) electrons. The first-order chi connectivity index (χ1) is 16.3. The molecule has 1 heterocycles. The van der Waals surface area contributed by atoms with Crippen molar-refractivity contribution in [1.82, 2.24) is 5.32 Å². The van der Waals surface area contributed by atoms with Crippen LogP contribution in [0, 0.1) is 19.7 Å². The fraction of sp³-hybridized carbons (Fsp3) is 0.148. The summed E-state index contributed by atoms with van der Waals surface area (Å²) < 4.78 is 19.8. The van der Waals surface area contributed by atoms with Crippen LogP contribution in [0.5, 0.6) is 5.75 Å². The second-order valence-corrected chi connectivity index (χ2v) is 8.15. The van der Waals surface area contributed by atoms with E-state index >= 15 is 0 Å². The number of hydrogen-bond donors (Lipinski definition) is 1. The van der Waals surface area contributed by atoms with Crippen molar-refractivity contribution in [2.75, 3.05) is 12.0 Å². The van der Waals surface area contributed by atoms with Gasteiger partial charge in [0.05, 0.1) is 12.8 Å². The molecular formula is C27H23FN2O4. The number of amides is 4. The van der Waals surface area contributed by atoms with Crippen LogP contribution in [0.25, 0.3) is 6.08 Å². The number of benzene rings is 3. The number of rotatable bonds is 5. The Kier molecular flexibility index (Phi) is 6.27. The van der Waals surface area contributed by atoms with E-state index in [1.807, 2.05) is 19.9 Å². The van der Waals surface area contributed by atoms with Crippen LogP contribution in [-0.4, -0.2) is 25.0 Å². The summed E-state index contributed by atoms with van der Waals surface area (Å²) in [4.78, 5) is 38.4. The van der Waals surface area contributed by atoms with Gasteiger partial charge in [0, 0.05) is 6.42 Å². The number of urea groups is 1. The number of nitrogens with zero attached hydrogens (tertiary/aromatic N) is 1. The minimum Gasteiger partial charge on any atom is -0.496 e. The molecule has 7 heteroatoms. The van der Waals surface area contributed by atoms with Crippen molar-refractivity contribution in [1.29, 1.82) is 0 Å². The average Bonchev–Trinajstić information content (AvgIpc) is 2.78. The number of halogens is 1. The fourth-order valence-corrected chi connectivity index (χ4v) is 4.06. The van der Waals surface area contributed by atoms with Crippen molar-refractivity contribution in [3.63, 3.8) is 0 Å². The Morgan fingerprint density at radius 3 is 2.35 bits per heavy atom. The van der Waals surface area contributed by atoms with E-state index < -0.39 is 23.7 Å². The quantitative estimate of drug-likeness (QED) is 0.444. The topological polar surface area (TPSA) is 75.7 Å². The third-order valence-corrected chi connectivity index (χ3v) is 5.49. The Balaban J connectivity index is 1.67. The molecule has 0 saturated carbocycles. The van der Waals surface area contributed by atoms with E-state index in [0.717, 1.165) is 17.2 Å². The Labute approximate surface area is 196 Å². The minimum atomic E-state index is -1.00. The summed E-state index contributed by atoms with van der Waals surface area (Å²) in [7, 11) is 1.55. The first-order valence-corrected chi connectivity index (χ1v) is 10.7. The smallest absolute Gasteiger partial charge is 0.336 e. The van der Waals surface area contributed by atoms with Crippen LogP contribution in [0.1, 0.15) is 27.8 Å². The van der Waals surface area contributed by atoms with Gasteiger partial charge in [0.1, 0.15) is 17.1 Å². The number of anilines is 1. The standard InChI is InChI=1S/C27H23FN2O4/c1-16-10-17(2)12-19(11-16)13-20-9-8-18(15-24(20)34-3)14-21-25(31)29-27(33)30(26(21)32)23-7-5-4-6-22(23)28/h4-12,14-15H,13H2,1-3H3,(H,29,31,33)/b21-14-. The molecule has 1 N–H and O–H groups in total. The lowest BCUT2D eigenvalue weighted by atomic mass is 9.98. The zero-order valence-corrected chi connectivity index (χ0v) is 19.0. The second kappa shape index (κ2) is 9.31. The molecule has 0 atom stereocenters. The number of carbonyl (C=O) groups excluding carboxylic acids is 3. The van der Waals surface area contributed by atoms with Crippen LogP contribution < -0.4 is 15.0 Å². The maximum absolute atomic E-state index is 14.2. The zero-order valence-electron chi connectivity index (χ0n) is 19.0. The highest BCUT2D eigenvalue weighted by Crippen LogP contribution is 2.27. The molecule has 1 fully saturated rings. The molecule has 1 saturated heterocycles. The lowest BCUT2D eigenvalue weighted by Crippen LogP contribution is -2.54. The molecule has 0 aliphatic carbocycles. The summed E-state index contributed by atoms with van der Waals surface area (Å²) in [5.41, 5.74) is 4.44. The van der Waals surface area contributed by atoms with Gasteiger partial charge in [0.15, 0.2) is 0 Å². The second-order valence-electron chi connectivity index (χ2n) is 8.15. The number of carbonyl (C=O) groups is 3. The first kappa shape index (κ1) is 22.9. The highest BCUT2D eigenvalue weighted by molar-refractivity contribution is 6.39. The molecule has 0 aromatic heterocycles. The van der Waals surface area contributed by atoms with E-state index in [4.69, 9.17) is 4.74 Å². The van der Waals surface area contributed by atoms with Gasteiger partial charge in [-0.25, -0.2) is 14.1 Å². The van der Waals surface area contributed by atoms with Crippen molar-refractivity contribution >= 4 is 29.6 Å². The molecule has 6 nitrogen and oxygen atoms in total. The number of imide groups is 2. The van der Waals surface area contributed by atoms with E-state index in [1.54, 1.807) is 19.2 Å². The van der Waals surface area contributed by atoms with Crippen LogP contribution >= 0.6 is 0 Å². The van der Waals surface area contributed by atoms with Crippen LogP contribution in [0.2, 0.25) is 0 Å². The summed E-state index contributed by atoms with van der Waals surface area (Å²) in [5.74, 6) is -1.91. The summed E-state index contributed by atoms with van der Waals surface area (Å²) in [6.07, 6.45) is 2.01. The van der Waals surface area contributed by atoms with Gasteiger partial charge in [-0.05, 0) is 54.8 Å². The number of para-hydroxylation sites is 1. The molecule has 0 unspecified atom stereocenters. The largest absolute Gasteiger partial charge is 0.496 e. The maximum Gasteiger partial charge on any atom is 0.336 e. The predicted octanol–water partition coefficient (Wildman–Crippen LogP) is 4.71. The molecule has 4 rings (SSSR count). The molecule has 1 aliphatic rings. The van der Waals surface area contributed by atoms with Gasteiger partial charge in [0.2, 0.25) is 0 Å². The molecule has 3 aromatic carbocycles. The molecule has 172 valence electrons. The van der Waals surface area contributed by atoms with E-state index in [2.05, 4.69) is 23.5 Å². The van der Waals surface area contributed by atoms with Crippen LogP contribution in [-0.2, 0) is 16.0 Å². The molecule has 0 spiro atoms. The number of ether oxygens (including phenoxy) is 1. The number of methoxy groups -OCH3 is 1. The van der Waals surface area contributed by atoms with Gasteiger partial charge in [0.25, 0.3) is 11.8 Å². The summed E-state index contributed by atoms with van der Waals surface area (Å²) >= 11 is 0. The highest BCUT2D eigenvalue weighted by atomic mass is 19.1. The molecule has 3 aromatic rings. The molecule has 1 aliphatic heterocycles. The van der Waals surface area contributed by atoms with Crippen molar-refractivity contribution in [2.24, 2.45) is 0 Å². The molecule has 34 heavy (non-hydrogen) atoms. The van der Waals surface area contributed by atoms with Gasteiger partial charge in [-0.3, -0.25) is 14.9 Å². The van der Waals surface area contributed by atoms with Crippen LogP contribution in [0.3, 0.4) is 0 Å². The lowest BCUT2D eigenvalue weighted by molar-refractivity contribution is -0.122. The lowest BCUT2D eigenvalue weighted by Gasteiger charge is -2.26. The number of aryl methyl sites for hydroxylation is 2. The minimum absolute atomic E-state index is 0.232. The van der Waals surface area contributed by atoms with E-state index in [-0.39, 0.29) is 11.3 Å². The van der Waals surface area contributed by atoms with E-state index in [9.17, 15) is 18.8 Å². The predicted molar refractivity (Wildman–Crippen MR) is 127 cm³/mol. The number of hydrogen-bond acceptors (Lipinski definition) is 4. The molecular weight excluding hydrogens is 435 g/mol. The Hall–Kier alpha value is -4.26. The third kappa shape index (κ3) is 4.59. The Morgan fingerprint density at radius 1 is 0.971 bits per heavy atom. The van der Waals surface area contributed by atoms with Gasteiger partial charge >= 0.3 is 6.03 Å². The zero-order chi connectivity index (χ0) is 24.4. The maximum atomic E-state index is 14.2. The monoisotopic (exact) mass is 458 g/mol. The van der Waals surface area contributed by atoms with Crippen molar-refractivity contribution in [3.05, 3.63) is 99.9 Å². The third-order valence-electron chi connectivity index (χ3n) is 5.49. The Morgan fingerprint density at radius 2 is 1.68 bits per heavy atom. The van der Waals surface area contributed by atoms with Gasteiger partial charge < -0.3 is 4.74 Å². The van der Waals surface area contributed by atoms with Gasteiger partial charge in [-0.2, -0.15) is 0 Å².